The van der Waals surface area contributed by atoms with Gasteiger partial charge in [-0.3, -0.25) is 14.2 Å². The molecule has 3 aromatic rings. The molecule has 0 saturated carbocycles. The summed E-state index contributed by atoms with van der Waals surface area (Å²) in [6.07, 6.45) is 2.25. The third-order valence-corrected chi connectivity index (χ3v) is 7.58. The minimum absolute atomic E-state index is 0.0428. The van der Waals surface area contributed by atoms with Gasteiger partial charge in [-0.1, -0.05) is 0 Å². The molecule has 2 atom stereocenters. The number of hydrogen-bond acceptors (Lipinski definition) is 9. The number of aromatic nitrogens is 2. The molecule has 1 aliphatic heterocycles. The van der Waals surface area contributed by atoms with Crippen LogP contribution in [0.5, 0.6) is 0 Å². The van der Waals surface area contributed by atoms with Gasteiger partial charge in [0.2, 0.25) is 5.43 Å². The second-order valence-electron chi connectivity index (χ2n) is 11.3. The van der Waals surface area contributed by atoms with Crippen LogP contribution in [0.2, 0.25) is 0 Å². The molecule has 3 N–H and O–H groups in total. The van der Waals surface area contributed by atoms with E-state index in [4.69, 9.17) is 4.74 Å². The quantitative estimate of drug-likeness (QED) is 0.272. The molecule has 1 fully saturated rings. The molecular weight excluding hydrogens is 619 g/mol. The standard InChI is InChI=1S/C29H32F3N5O7S/c1-29(2,3)44-28(43)37(34-21(27(41)42)8-10-45-4)16-7-9-35(13-16)25-20(32)12-17-23(38)18(26(39)40)14-36(24(17)33-25)22-6-5-15(30)11-19(22)31/h5-6,11-12,14,16,21,34H,7-10,13H2,1-4H3,(H,39,40)(H,41,42)/t16?,21-/m0/s1. The lowest BCUT2D eigenvalue weighted by Crippen LogP contribution is -2.57. The molecule has 45 heavy (non-hydrogen) atoms. The lowest BCUT2D eigenvalue weighted by molar-refractivity contribution is -0.141. The van der Waals surface area contributed by atoms with Gasteiger partial charge in [0.05, 0.1) is 17.1 Å². The van der Waals surface area contributed by atoms with E-state index in [0.29, 0.717) is 11.8 Å². The summed E-state index contributed by atoms with van der Waals surface area (Å²) in [5.41, 5.74) is -0.608. The molecule has 242 valence electrons. The number of anilines is 1. The Balaban J connectivity index is 1.76. The Hall–Kier alpha value is -4.31. The highest BCUT2D eigenvalue weighted by Gasteiger charge is 2.37. The van der Waals surface area contributed by atoms with Crippen LogP contribution in [0.25, 0.3) is 16.7 Å². The number of fused-ring (bicyclic) bond motifs is 1. The highest BCUT2D eigenvalue weighted by molar-refractivity contribution is 7.98. The third kappa shape index (κ3) is 7.50. The van der Waals surface area contributed by atoms with E-state index in [0.717, 1.165) is 34.0 Å². The number of carbonyl (C=O) groups is 3. The second kappa shape index (κ2) is 13.4. The maximum absolute atomic E-state index is 15.6. The fraction of sp³-hybridized carbons (Fsp3) is 0.414. The van der Waals surface area contributed by atoms with Gasteiger partial charge in [-0.25, -0.2) is 38.2 Å². The van der Waals surface area contributed by atoms with Crippen LogP contribution >= 0.6 is 11.8 Å². The second-order valence-corrected chi connectivity index (χ2v) is 12.3. The Morgan fingerprint density at radius 1 is 1.18 bits per heavy atom. The van der Waals surface area contributed by atoms with E-state index < -0.39 is 69.5 Å². The van der Waals surface area contributed by atoms with Crippen molar-refractivity contribution in [1.29, 1.82) is 0 Å². The summed E-state index contributed by atoms with van der Waals surface area (Å²) in [6.45, 7) is 5.05. The zero-order valence-corrected chi connectivity index (χ0v) is 25.7. The van der Waals surface area contributed by atoms with Crippen molar-refractivity contribution in [3.63, 3.8) is 0 Å². The Labute approximate surface area is 259 Å². The number of thioether (sulfide) groups is 1. The maximum Gasteiger partial charge on any atom is 0.425 e. The Morgan fingerprint density at radius 3 is 2.49 bits per heavy atom. The number of carbonyl (C=O) groups excluding carboxylic acids is 1. The van der Waals surface area contributed by atoms with Gasteiger partial charge in [-0.05, 0) is 63.8 Å². The average molecular weight is 652 g/mol. The Bertz CT molecular complexity index is 1700. The number of nitrogens with one attached hydrogen (secondary N) is 1. The summed E-state index contributed by atoms with van der Waals surface area (Å²) >= 11 is 1.43. The average Bonchev–Trinajstić information content (AvgIpc) is 3.42. The first kappa shape index (κ1) is 33.6. The van der Waals surface area contributed by atoms with Gasteiger partial charge in [-0.2, -0.15) is 11.8 Å². The molecule has 4 rings (SSSR count). The first-order valence-corrected chi connectivity index (χ1v) is 15.2. The van der Waals surface area contributed by atoms with Crippen LogP contribution in [-0.4, -0.2) is 85.6 Å². The van der Waals surface area contributed by atoms with Crippen molar-refractivity contribution < 1.29 is 42.5 Å². The van der Waals surface area contributed by atoms with E-state index >= 15 is 4.39 Å². The summed E-state index contributed by atoms with van der Waals surface area (Å²) in [7, 11) is 0. The number of aliphatic carboxylic acids is 1. The minimum Gasteiger partial charge on any atom is -0.480 e. The van der Waals surface area contributed by atoms with Gasteiger partial charge in [0.1, 0.15) is 28.8 Å². The maximum atomic E-state index is 15.6. The number of aromatic carboxylic acids is 1. The van der Waals surface area contributed by atoms with Gasteiger partial charge in [-0.15, -0.1) is 0 Å². The van der Waals surface area contributed by atoms with Crippen molar-refractivity contribution in [2.75, 3.05) is 30.0 Å². The highest BCUT2D eigenvalue weighted by atomic mass is 32.2. The molecule has 16 heteroatoms. The topological polar surface area (TPSA) is 154 Å². The van der Waals surface area contributed by atoms with Crippen molar-refractivity contribution in [2.45, 2.75) is 51.3 Å². The SMILES string of the molecule is CSCC[C@H](NN(C(=O)OC(C)(C)C)C1CCN(c2nc3c(cc2F)c(=O)c(C(=O)O)cn3-c2ccc(F)cc2F)C1)C(=O)O. The molecule has 3 heterocycles. The van der Waals surface area contributed by atoms with Gasteiger partial charge in [0.15, 0.2) is 17.3 Å². The number of ether oxygens (including phenoxy) is 1. The zero-order valence-electron chi connectivity index (χ0n) is 24.8. The van der Waals surface area contributed by atoms with E-state index in [-0.39, 0.29) is 43.1 Å². The van der Waals surface area contributed by atoms with E-state index in [1.54, 1.807) is 20.8 Å². The molecule has 0 spiro atoms. The summed E-state index contributed by atoms with van der Waals surface area (Å²) in [6, 6.07) is 1.48. The summed E-state index contributed by atoms with van der Waals surface area (Å²) in [5, 5.41) is 20.0. The minimum atomic E-state index is -1.64. The lowest BCUT2D eigenvalue weighted by Gasteiger charge is -2.33. The first-order valence-electron chi connectivity index (χ1n) is 13.8. The molecule has 1 saturated heterocycles. The monoisotopic (exact) mass is 651 g/mol. The Morgan fingerprint density at radius 2 is 1.89 bits per heavy atom. The molecule has 1 unspecified atom stereocenters. The van der Waals surface area contributed by atoms with Gasteiger partial charge < -0.3 is 19.8 Å². The normalized spacial score (nSPS) is 15.7. The van der Waals surface area contributed by atoms with E-state index in [1.165, 1.54) is 16.7 Å². The highest BCUT2D eigenvalue weighted by Crippen LogP contribution is 2.29. The molecule has 0 radical (unpaired) electrons. The summed E-state index contributed by atoms with van der Waals surface area (Å²) in [5.74, 6) is -5.59. The predicted octanol–water partition coefficient (Wildman–Crippen LogP) is 4.03. The van der Waals surface area contributed by atoms with Crippen molar-refractivity contribution in [3.8, 4) is 5.69 Å². The van der Waals surface area contributed by atoms with Crippen LogP contribution in [0.3, 0.4) is 0 Å². The van der Waals surface area contributed by atoms with Crippen molar-refractivity contribution in [1.82, 2.24) is 20.0 Å². The molecular formula is C29H32F3N5O7S. The molecule has 1 amide bonds. The largest absolute Gasteiger partial charge is 0.480 e. The number of nitrogens with zero attached hydrogens (tertiary/aromatic N) is 4. The number of hydrogen-bond donors (Lipinski definition) is 3. The number of carboxylic acids is 2. The van der Waals surface area contributed by atoms with Gasteiger partial charge in [0.25, 0.3) is 0 Å². The third-order valence-electron chi connectivity index (χ3n) is 6.93. The van der Waals surface area contributed by atoms with Gasteiger partial charge in [0, 0.05) is 25.4 Å². The predicted molar refractivity (Wildman–Crippen MR) is 160 cm³/mol. The molecule has 1 aromatic carbocycles. The van der Waals surface area contributed by atoms with Crippen molar-refractivity contribution in [2.24, 2.45) is 0 Å². The number of halogens is 3. The molecule has 12 nitrogen and oxygen atoms in total. The fourth-order valence-corrected chi connectivity index (χ4v) is 5.33. The van der Waals surface area contributed by atoms with Crippen LogP contribution in [0, 0.1) is 17.5 Å². The van der Waals surface area contributed by atoms with E-state index in [9.17, 15) is 38.2 Å². The molecule has 1 aliphatic rings. The molecule has 2 aromatic heterocycles. The number of carboxylic acid groups (broad SMARTS) is 2. The van der Waals surface area contributed by atoms with Crippen LogP contribution in [0.15, 0.2) is 35.3 Å². The van der Waals surface area contributed by atoms with Crippen molar-refractivity contribution >= 4 is 46.6 Å². The van der Waals surface area contributed by atoms with Gasteiger partial charge >= 0.3 is 18.0 Å². The fourth-order valence-electron chi connectivity index (χ4n) is 4.86. The van der Waals surface area contributed by atoms with Crippen LogP contribution in [-0.2, 0) is 9.53 Å². The zero-order chi connectivity index (χ0) is 33.2. The number of hydrazine groups is 1. The molecule has 0 aliphatic carbocycles. The number of rotatable bonds is 10. The number of amides is 1. The summed E-state index contributed by atoms with van der Waals surface area (Å²) < 4.78 is 50.6. The van der Waals surface area contributed by atoms with Crippen LogP contribution in [0.4, 0.5) is 23.8 Å². The first-order chi connectivity index (χ1) is 21.1. The lowest BCUT2D eigenvalue weighted by atomic mass is 10.1. The van der Waals surface area contributed by atoms with E-state index in [1.807, 2.05) is 6.26 Å². The smallest absolute Gasteiger partial charge is 0.425 e. The Kier molecular flexibility index (Phi) is 9.97. The van der Waals surface area contributed by atoms with Crippen LogP contribution in [0.1, 0.15) is 44.0 Å². The molecule has 0 bridgehead atoms. The number of pyridine rings is 2. The summed E-state index contributed by atoms with van der Waals surface area (Å²) in [4.78, 5) is 55.7. The van der Waals surface area contributed by atoms with Crippen LogP contribution < -0.4 is 15.8 Å². The van der Waals surface area contributed by atoms with E-state index in [2.05, 4.69) is 10.4 Å². The van der Waals surface area contributed by atoms with Crippen molar-refractivity contribution in [3.05, 3.63) is 63.7 Å². The number of benzene rings is 1.